The lowest BCUT2D eigenvalue weighted by Crippen LogP contribution is -2.37. The number of aryl methyl sites for hydroxylation is 1. The zero-order valence-corrected chi connectivity index (χ0v) is 15.1. The Balaban J connectivity index is 2.08. The number of carbonyl (C=O) groups is 1. The van der Waals surface area contributed by atoms with Crippen molar-refractivity contribution in [1.82, 2.24) is 0 Å². The fourth-order valence-corrected chi connectivity index (χ4v) is 3.87. The highest BCUT2D eigenvalue weighted by Crippen LogP contribution is 2.44. The number of hydrogen-bond donors (Lipinski definition) is 1. The molecule has 2 unspecified atom stereocenters. The molecule has 0 aromatic heterocycles. The predicted octanol–water partition coefficient (Wildman–Crippen LogP) is 5.18. The highest BCUT2D eigenvalue weighted by atomic mass is 35.5. The molecule has 0 spiro atoms. The van der Waals surface area contributed by atoms with E-state index in [1.807, 2.05) is 12.1 Å². The zero-order valence-electron chi connectivity index (χ0n) is 13.6. The molecule has 0 aliphatic carbocycles. The maximum atomic E-state index is 12.3. The first-order valence-electron chi connectivity index (χ1n) is 7.98. The van der Waals surface area contributed by atoms with Crippen molar-refractivity contribution < 1.29 is 9.53 Å². The molecule has 2 aromatic rings. The van der Waals surface area contributed by atoms with Gasteiger partial charge in [0.15, 0.2) is 0 Å². The van der Waals surface area contributed by atoms with Gasteiger partial charge in [-0.25, -0.2) is 4.79 Å². The molecule has 3 rings (SSSR count). The molecule has 0 saturated carbocycles. The zero-order chi connectivity index (χ0) is 17.3. The van der Waals surface area contributed by atoms with Crippen LogP contribution in [-0.2, 0) is 9.53 Å². The Kier molecular flexibility index (Phi) is 5.02. The molecule has 126 valence electrons. The van der Waals surface area contributed by atoms with Gasteiger partial charge in [0.2, 0.25) is 0 Å². The van der Waals surface area contributed by atoms with E-state index in [1.165, 1.54) is 5.56 Å². The van der Waals surface area contributed by atoms with Gasteiger partial charge in [0.1, 0.15) is 6.04 Å². The van der Waals surface area contributed by atoms with Crippen LogP contribution in [0.5, 0.6) is 0 Å². The van der Waals surface area contributed by atoms with E-state index in [0.717, 1.165) is 16.8 Å². The molecule has 0 fully saturated rings. The third kappa shape index (κ3) is 3.38. The second-order valence-electron chi connectivity index (χ2n) is 6.00. The molecule has 1 aliphatic rings. The number of anilines is 1. The lowest BCUT2D eigenvalue weighted by atomic mass is 9.81. The van der Waals surface area contributed by atoms with Gasteiger partial charge in [-0.15, -0.1) is 0 Å². The maximum Gasteiger partial charge on any atom is 0.328 e. The molecule has 24 heavy (non-hydrogen) atoms. The van der Waals surface area contributed by atoms with Gasteiger partial charge >= 0.3 is 5.97 Å². The van der Waals surface area contributed by atoms with Crippen molar-refractivity contribution in [3.05, 3.63) is 63.1 Å². The second kappa shape index (κ2) is 7.04. The smallest absolute Gasteiger partial charge is 0.328 e. The van der Waals surface area contributed by atoms with Crippen molar-refractivity contribution >= 4 is 34.9 Å². The fraction of sp³-hybridized carbons (Fsp3) is 0.316. The first-order chi connectivity index (χ1) is 11.5. The quantitative estimate of drug-likeness (QED) is 0.763. The SMILES string of the molecule is CCOC(=O)C1CC(c2cccc(C)c2)c2c(Cl)cc(Cl)cc2N1. The molecule has 0 bridgehead atoms. The summed E-state index contributed by atoms with van der Waals surface area (Å²) in [6, 6.07) is 11.4. The molecular weight excluding hydrogens is 345 g/mol. The van der Waals surface area contributed by atoms with Crippen LogP contribution in [0.25, 0.3) is 0 Å². The van der Waals surface area contributed by atoms with Gasteiger partial charge in [0.25, 0.3) is 0 Å². The number of halogens is 2. The molecule has 3 nitrogen and oxygen atoms in total. The topological polar surface area (TPSA) is 38.3 Å². The largest absolute Gasteiger partial charge is 0.464 e. The second-order valence-corrected chi connectivity index (χ2v) is 6.84. The van der Waals surface area contributed by atoms with Crippen molar-refractivity contribution in [2.45, 2.75) is 32.2 Å². The monoisotopic (exact) mass is 363 g/mol. The van der Waals surface area contributed by atoms with E-state index in [9.17, 15) is 4.79 Å². The van der Waals surface area contributed by atoms with E-state index < -0.39 is 6.04 Å². The molecular formula is C19H19Cl2NO2. The van der Waals surface area contributed by atoms with Crippen LogP contribution in [0.3, 0.4) is 0 Å². The minimum Gasteiger partial charge on any atom is -0.464 e. The van der Waals surface area contributed by atoms with Crippen LogP contribution in [0.2, 0.25) is 10.0 Å². The van der Waals surface area contributed by atoms with Crippen molar-refractivity contribution in [2.24, 2.45) is 0 Å². The summed E-state index contributed by atoms with van der Waals surface area (Å²) in [4.78, 5) is 12.3. The van der Waals surface area contributed by atoms with Gasteiger partial charge in [-0.1, -0.05) is 53.0 Å². The van der Waals surface area contributed by atoms with Crippen LogP contribution in [0.1, 0.15) is 36.0 Å². The summed E-state index contributed by atoms with van der Waals surface area (Å²) in [5.41, 5.74) is 4.08. The minimum absolute atomic E-state index is 0.0142. The number of benzene rings is 2. The Morgan fingerprint density at radius 2 is 2.08 bits per heavy atom. The summed E-state index contributed by atoms with van der Waals surface area (Å²) in [5, 5.41) is 4.38. The number of rotatable bonds is 3. The minimum atomic E-state index is -0.419. The molecule has 1 aliphatic heterocycles. The maximum absolute atomic E-state index is 12.3. The van der Waals surface area contributed by atoms with Crippen LogP contribution < -0.4 is 5.32 Å². The Morgan fingerprint density at radius 1 is 1.29 bits per heavy atom. The Bertz CT molecular complexity index is 776. The highest BCUT2D eigenvalue weighted by Gasteiger charge is 2.34. The molecule has 5 heteroatoms. The van der Waals surface area contributed by atoms with Gasteiger partial charge < -0.3 is 10.1 Å². The summed E-state index contributed by atoms with van der Waals surface area (Å²) in [6.45, 7) is 4.22. The van der Waals surface area contributed by atoms with Crippen LogP contribution in [-0.4, -0.2) is 18.6 Å². The third-order valence-electron chi connectivity index (χ3n) is 4.26. The number of ether oxygens (including phenoxy) is 1. The molecule has 1 heterocycles. The lowest BCUT2D eigenvalue weighted by molar-refractivity contribution is -0.144. The van der Waals surface area contributed by atoms with E-state index in [1.54, 1.807) is 13.0 Å². The molecule has 0 amide bonds. The standard InChI is InChI=1S/C19H19Cl2NO2/c1-3-24-19(23)17-10-14(12-6-4-5-11(2)7-12)18-15(21)8-13(20)9-16(18)22-17/h4-9,14,17,22H,3,10H2,1-2H3. The number of esters is 1. The summed E-state index contributed by atoms with van der Waals surface area (Å²) in [6.07, 6.45) is 0.594. The average molecular weight is 364 g/mol. The van der Waals surface area contributed by atoms with Gasteiger partial charge in [-0.3, -0.25) is 0 Å². The predicted molar refractivity (Wildman–Crippen MR) is 98.1 cm³/mol. The van der Waals surface area contributed by atoms with E-state index in [4.69, 9.17) is 27.9 Å². The average Bonchev–Trinajstić information content (AvgIpc) is 2.53. The van der Waals surface area contributed by atoms with Gasteiger partial charge in [-0.05, 0) is 38.0 Å². The summed E-state index contributed by atoms with van der Waals surface area (Å²) in [7, 11) is 0. The van der Waals surface area contributed by atoms with Crippen molar-refractivity contribution in [1.29, 1.82) is 0 Å². The number of carbonyl (C=O) groups excluding carboxylic acids is 1. The van der Waals surface area contributed by atoms with Crippen molar-refractivity contribution in [3.63, 3.8) is 0 Å². The number of nitrogens with one attached hydrogen (secondary N) is 1. The third-order valence-corrected chi connectivity index (χ3v) is 4.79. The van der Waals surface area contributed by atoms with E-state index >= 15 is 0 Å². The normalized spacial score (nSPS) is 19.3. The first-order valence-corrected chi connectivity index (χ1v) is 8.74. The van der Waals surface area contributed by atoms with Crippen LogP contribution in [0.15, 0.2) is 36.4 Å². The van der Waals surface area contributed by atoms with Crippen LogP contribution >= 0.6 is 23.2 Å². The molecule has 2 aromatic carbocycles. The Labute approximate surface area is 151 Å². The fourth-order valence-electron chi connectivity index (χ4n) is 3.25. The summed E-state index contributed by atoms with van der Waals surface area (Å²) >= 11 is 12.6. The number of fused-ring (bicyclic) bond motifs is 1. The first kappa shape index (κ1) is 17.1. The van der Waals surface area contributed by atoms with Gasteiger partial charge in [0.05, 0.1) is 6.61 Å². The number of hydrogen-bond acceptors (Lipinski definition) is 3. The molecule has 2 atom stereocenters. The van der Waals surface area contributed by atoms with Crippen molar-refractivity contribution in [3.8, 4) is 0 Å². The lowest BCUT2D eigenvalue weighted by Gasteiger charge is -2.33. The van der Waals surface area contributed by atoms with Crippen LogP contribution in [0.4, 0.5) is 5.69 Å². The van der Waals surface area contributed by atoms with Gasteiger partial charge in [0, 0.05) is 27.2 Å². The Morgan fingerprint density at radius 3 is 2.79 bits per heavy atom. The summed E-state index contributed by atoms with van der Waals surface area (Å²) in [5.74, 6) is -0.239. The highest BCUT2D eigenvalue weighted by molar-refractivity contribution is 6.35. The van der Waals surface area contributed by atoms with Crippen molar-refractivity contribution in [2.75, 3.05) is 11.9 Å². The van der Waals surface area contributed by atoms with Gasteiger partial charge in [-0.2, -0.15) is 0 Å². The summed E-state index contributed by atoms with van der Waals surface area (Å²) < 4.78 is 5.20. The molecule has 0 radical (unpaired) electrons. The Hall–Kier alpha value is -1.71. The molecule has 1 N–H and O–H groups in total. The van der Waals surface area contributed by atoms with E-state index in [-0.39, 0.29) is 11.9 Å². The van der Waals surface area contributed by atoms with E-state index in [0.29, 0.717) is 23.1 Å². The van der Waals surface area contributed by atoms with E-state index in [2.05, 4.69) is 30.4 Å². The van der Waals surface area contributed by atoms with Crippen LogP contribution in [0, 0.1) is 6.92 Å². The molecule has 0 saturated heterocycles.